The quantitative estimate of drug-likeness (QED) is 0.702. The molecule has 0 spiro atoms. The molecule has 2 atom stereocenters. The summed E-state index contributed by atoms with van der Waals surface area (Å²) >= 11 is 0. The SMILES string of the molecule is CC1Nc2ccc(Nc3ncc4ccc(=O)n(C5CCCC5)c4n3)cc2C1C. The van der Waals surface area contributed by atoms with Gasteiger partial charge in [-0.05, 0) is 49.6 Å². The molecular weight excluding hydrogens is 350 g/mol. The lowest BCUT2D eigenvalue weighted by Gasteiger charge is -2.16. The Kier molecular flexibility index (Phi) is 4.07. The summed E-state index contributed by atoms with van der Waals surface area (Å²) in [5.41, 5.74) is 4.21. The van der Waals surface area contributed by atoms with Crippen molar-refractivity contribution in [2.24, 2.45) is 0 Å². The van der Waals surface area contributed by atoms with Gasteiger partial charge in [-0.3, -0.25) is 9.36 Å². The van der Waals surface area contributed by atoms with E-state index in [4.69, 9.17) is 4.98 Å². The van der Waals surface area contributed by atoms with Gasteiger partial charge >= 0.3 is 0 Å². The molecule has 0 radical (unpaired) electrons. The highest BCUT2D eigenvalue weighted by Gasteiger charge is 2.25. The van der Waals surface area contributed by atoms with E-state index in [-0.39, 0.29) is 11.6 Å². The lowest BCUT2D eigenvalue weighted by molar-refractivity contribution is 0.516. The van der Waals surface area contributed by atoms with E-state index in [0.717, 1.165) is 29.6 Å². The molecule has 3 aromatic rings. The van der Waals surface area contributed by atoms with E-state index in [0.29, 0.717) is 17.9 Å². The number of hydrogen-bond donors (Lipinski definition) is 2. The molecule has 1 aliphatic carbocycles. The van der Waals surface area contributed by atoms with Gasteiger partial charge < -0.3 is 10.6 Å². The van der Waals surface area contributed by atoms with Crippen LogP contribution in [0.3, 0.4) is 0 Å². The van der Waals surface area contributed by atoms with Gasteiger partial charge in [-0.2, -0.15) is 4.98 Å². The fraction of sp³-hybridized carbons (Fsp3) is 0.409. The number of benzene rings is 1. The molecule has 2 N–H and O–H groups in total. The number of pyridine rings is 1. The molecule has 2 aromatic heterocycles. The van der Waals surface area contributed by atoms with E-state index in [1.807, 2.05) is 16.7 Å². The number of aromatic nitrogens is 3. The maximum absolute atomic E-state index is 12.6. The van der Waals surface area contributed by atoms with Gasteiger partial charge in [0.15, 0.2) is 0 Å². The molecule has 28 heavy (non-hydrogen) atoms. The molecule has 0 saturated heterocycles. The molecule has 5 rings (SSSR count). The maximum Gasteiger partial charge on any atom is 0.252 e. The van der Waals surface area contributed by atoms with Crippen molar-refractivity contribution >= 4 is 28.4 Å². The third kappa shape index (κ3) is 2.84. The zero-order valence-corrected chi connectivity index (χ0v) is 16.3. The Hall–Kier alpha value is -2.89. The standard InChI is InChI=1S/C22H25N5O/c1-13-14(2)24-19-9-8-16(11-18(13)19)25-22-23-12-15-7-10-20(28)27(21(15)26-22)17-5-3-4-6-17/h7-14,17,24H,3-6H2,1-2H3,(H,23,25,26). The summed E-state index contributed by atoms with van der Waals surface area (Å²) in [6.07, 6.45) is 6.22. The highest BCUT2D eigenvalue weighted by molar-refractivity contribution is 5.76. The molecule has 6 nitrogen and oxygen atoms in total. The van der Waals surface area contributed by atoms with Gasteiger partial charge in [0.2, 0.25) is 5.95 Å². The second-order valence-corrected chi connectivity index (χ2v) is 8.10. The van der Waals surface area contributed by atoms with Crippen LogP contribution in [0.25, 0.3) is 11.0 Å². The molecule has 2 aliphatic rings. The van der Waals surface area contributed by atoms with Crippen molar-refractivity contribution in [3.05, 3.63) is 52.4 Å². The van der Waals surface area contributed by atoms with Crippen molar-refractivity contribution in [3.8, 4) is 0 Å². The molecule has 1 aromatic carbocycles. The fourth-order valence-corrected chi connectivity index (χ4v) is 4.53. The molecule has 6 heteroatoms. The van der Waals surface area contributed by atoms with E-state index in [9.17, 15) is 4.79 Å². The number of nitrogens with zero attached hydrogens (tertiary/aromatic N) is 3. The average molecular weight is 375 g/mol. The van der Waals surface area contributed by atoms with Gasteiger partial charge in [0, 0.05) is 47.0 Å². The Labute approximate surface area is 164 Å². The van der Waals surface area contributed by atoms with Gasteiger partial charge in [-0.25, -0.2) is 4.98 Å². The lowest BCUT2D eigenvalue weighted by Crippen LogP contribution is -2.23. The summed E-state index contributed by atoms with van der Waals surface area (Å²) in [6, 6.07) is 10.4. The normalized spacial score (nSPS) is 21.6. The first kappa shape index (κ1) is 17.2. The van der Waals surface area contributed by atoms with Crippen molar-refractivity contribution in [2.75, 3.05) is 10.6 Å². The smallest absolute Gasteiger partial charge is 0.252 e. The Bertz CT molecular complexity index is 1100. The first-order chi connectivity index (χ1) is 13.6. The predicted octanol–water partition coefficient (Wildman–Crippen LogP) is 4.57. The van der Waals surface area contributed by atoms with Crippen LogP contribution in [0.2, 0.25) is 0 Å². The molecule has 1 aliphatic heterocycles. The van der Waals surface area contributed by atoms with E-state index in [2.05, 4.69) is 41.6 Å². The van der Waals surface area contributed by atoms with Gasteiger partial charge in [0.1, 0.15) is 5.65 Å². The van der Waals surface area contributed by atoms with Gasteiger partial charge in [0.05, 0.1) is 0 Å². The van der Waals surface area contributed by atoms with Crippen molar-refractivity contribution in [1.82, 2.24) is 14.5 Å². The Morgan fingerprint density at radius 3 is 2.79 bits per heavy atom. The van der Waals surface area contributed by atoms with Gasteiger partial charge in [-0.15, -0.1) is 0 Å². The zero-order chi connectivity index (χ0) is 19.3. The molecular formula is C22H25N5O. The zero-order valence-electron chi connectivity index (χ0n) is 16.3. The summed E-state index contributed by atoms with van der Waals surface area (Å²) in [7, 11) is 0. The predicted molar refractivity (Wildman–Crippen MR) is 113 cm³/mol. The molecule has 3 heterocycles. The minimum Gasteiger partial charge on any atom is -0.382 e. The van der Waals surface area contributed by atoms with Crippen LogP contribution in [-0.2, 0) is 0 Å². The van der Waals surface area contributed by atoms with Crippen LogP contribution in [-0.4, -0.2) is 20.6 Å². The first-order valence-electron chi connectivity index (χ1n) is 10.2. The van der Waals surface area contributed by atoms with Crippen LogP contribution in [0.1, 0.15) is 57.1 Å². The van der Waals surface area contributed by atoms with Crippen LogP contribution >= 0.6 is 0 Å². The number of anilines is 3. The topological polar surface area (TPSA) is 71.8 Å². The maximum atomic E-state index is 12.6. The highest BCUT2D eigenvalue weighted by Crippen LogP contribution is 2.37. The van der Waals surface area contributed by atoms with Crippen LogP contribution in [0.15, 0.2) is 41.3 Å². The largest absolute Gasteiger partial charge is 0.382 e. The lowest BCUT2D eigenvalue weighted by atomic mass is 9.98. The number of fused-ring (bicyclic) bond motifs is 2. The summed E-state index contributed by atoms with van der Waals surface area (Å²) in [6.45, 7) is 4.44. The molecule has 2 unspecified atom stereocenters. The minimum absolute atomic E-state index is 0.0236. The Morgan fingerprint density at radius 1 is 1.14 bits per heavy atom. The van der Waals surface area contributed by atoms with Gasteiger partial charge in [-0.1, -0.05) is 19.8 Å². The second kappa shape index (κ2) is 6.62. The summed E-state index contributed by atoms with van der Waals surface area (Å²) in [4.78, 5) is 21.8. The molecule has 0 amide bonds. The van der Waals surface area contributed by atoms with Crippen molar-refractivity contribution in [2.45, 2.75) is 57.5 Å². The second-order valence-electron chi connectivity index (χ2n) is 8.10. The van der Waals surface area contributed by atoms with Crippen molar-refractivity contribution < 1.29 is 0 Å². The molecule has 1 saturated carbocycles. The van der Waals surface area contributed by atoms with Gasteiger partial charge in [0.25, 0.3) is 5.56 Å². The monoisotopic (exact) mass is 375 g/mol. The van der Waals surface area contributed by atoms with E-state index in [1.54, 1.807) is 12.3 Å². The first-order valence-corrected chi connectivity index (χ1v) is 10.2. The number of rotatable bonds is 3. The third-order valence-corrected chi connectivity index (χ3v) is 6.29. The van der Waals surface area contributed by atoms with Crippen molar-refractivity contribution in [3.63, 3.8) is 0 Å². The average Bonchev–Trinajstić information content (AvgIpc) is 3.31. The Morgan fingerprint density at radius 2 is 1.96 bits per heavy atom. The van der Waals surface area contributed by atoms with Crippen LogP contribution in [0.5, 0.6) is 0 Å². The van der Waals surface area contributed by atoms with Crippen LogP contribution in [0.4, 0.5) is 17.3 Å². The fourth-order valence-electron chi connectivity index (χ4n) is 4.53. The molecule has 1 fully saturated rings. The van der Waals surface area contributed by atoms with Crippen LogP contribution < -0.4 is 16.2 Å². The summed E-state index contributed by atoms with van der Waals surface area (Å²) in [5.74, 6) is 0.985. The van der Waals surface area contributed by atoms with Crippen molar-refractivity contribution in [1.29, 1.82) is 0 Å². The van der Waals surface area contributed by atoms with E-state index in [1.165, 1.54) is 24.1 Å². The van der Waals surface area contributed by atoms with E-state index >= 15 is 0 Å². The minimum atomic E-state index is 0.0236. The van der Waals surface area contributed by atoms with Crippen LogP contribution in [0, 0.1) is 0 Å². The van der Waals surface area contributed by atoms with E-state index < -0.39 is 0 Å². The third-order valence-electron chi connectivity index (χ3n) is 6.29. The Balaban J connectivity index is 1.52. The number of hydrogen-bond acceptors (Lipinski definition) is 5. The highest BCUT2D eigenvalue weighted by atomic mass is 16.1. The number of nitrogens with one attached hydrogen (secondary N) is 2. The molecule has 144 valence electrons. The summed E-state index contributed by atoms with van der Waals surface area (Å²) in [5, 5.41) is 7.74. The summed E-state index contributed by atoms with van der Waals surface area (Å²) < 4.78 is 1.87. The molecule has 0 bridgehead atoms.